The number of methoxy groups -OCH3 is 2. The highest BCUT2D eigenvalue weighted by molar-refractivity contribution is 6.32. The first kappa shape index (κ1) is 16.9. The lowest BCUT2D eigenvalue weighted by atomic mass is 10.1. The van der Waals surface area contributed by atoms with E-state index in [-0.39, 0.29) is 5.91 Å². The number of rotatable bonds is 6. The van der Waals surface area contributed by atoms with Gasteiger partial charge in [-0.15, -0.1) is 0 Å². The maximum absolute atomic E-state index is 12.1. The van der Waals surface area contributed by atoms with Gasteiger partial charge in [0.15, 0.2) is 0 Å². The molecule has 0 aromatic heterocycles. The Labute approximate surface area is 136 Å². The third-order valence-electron chi connectivity index (χ3n) is 3.86. The number of piperazine rings is 1. The fourth-order valence-corrected chi connectivity index (χ4v) is 2.88. The molecule has 6 heteroatoms. The molecule has 5 nitrogen and oxygen atoms in total. The van der Waals surface area contributed by atoms with Crippen molar-refractivity contribution in [3.05, 3.63) is 22.7 Å². The van der Waals surface area contributed by atoms with Crippen LogP contribution in [0, 0.1) is 0 Å². The summed E-state index contributed by atoms with van der Waals surface area (Å²) >= 11 is 6.16. The molecule has 0 aliphatic carbocycles. The minimum absolute atomic E-state index is 0.222. The summed E-state index contributed by atoms with van der Waals surface area (Å²) in [6, 6.07) is 3.64. The number of benzene rings is 1. The van der Waals surface area contributed by atoms with Crippen LogP contribution in [0.25, 0.3) is 0 Å². The minimum Gasteiger partial charge on any atom is -0.496 e. The summed E-state index contributed by atoms with van der Waals surface area (Å²) in [4.78, 5) is 14.1. The minimum atomic E-state index is 0.222. The van der Waals surface area contributed by atoms with Gasteiger partial charge in [0.1, 0.15) is 11.5 Å². The number of nitrogens with zero attached hydrogens (tertiary/aromatic N) is 1. The molecule has 1 heterocycles. The van der Waals surface area contributed by atoms with Crippen LogP contribution in [-0.2, 0) is 11.2 Å². The standard InChI is InChI=1S/C16H23ClN2O3/c1-21-14-11-15(22-2)13(17)10-12(14)4-3-5-16(20)19-8-6-18-7-9-19/h10-11,18H,3-9H2,1-2H3. The molecule has 122 valence electrons. The molecule has 1 saturated heterocycles. The number of carbonyl (C=O) groups is 1. The Kier molecular flexibility index (Phi) is 6.34. The number of aryl methyl sites for hydroxylation is 1. The Bertz CT molecular complexity index is 516. The van der Waals surface area contributed by atoms with Gasteiger partial charge < -0.3 is 19.7 Å². The van der Waals surface area contributed by atoms with Gasteiger partial charge in [0.05, 0.1) is 19.2 Å². The Morgan fingerprint density at radius 2 is 1.91 bits per heavy atom. The van der Waals surface area contributed by atoms with Crippen molar-refractivity contribution in [2.24, 2.45) is 0 Å². The summed E-state index contributed by atoms with van der Waals surface area (Å²) in [5.41, 5.74) is 1.00. The first-order valence-electron chi connectivity index (χ1n) is 7.54. The first-order valence-corrected chi connectivity index (χ1v) is 7.92. The molecule has 0 unspecified atom stereocenters. The summed E-state index contributed by atoms with van der Waals surface area (Å²) in [5.74, 6) is 1.56. The van der Waals surface area contributed by atoms with Crippen molar-refractivity contribution in [1.82, 2.24) is 10.2 Å². The van der Waals surface area contributed by atoms with Crippen LogP contribution < -0.4 is 14.8 Å². The van der Waals surface area contributed by atoms with Crippen LogP contribution in [0.5, 0.6) is 11.5 Å². The van der Waals surface area contributed by atoms with E-state index in [2.05, 4.69) is 5.32 Å². The third kappa shape index (κ3) is 4.27. The summed E-state index contributed by atoms with van der Waals surface area (Å²) in [6.45, 7) is 3.37. The number of halogens is 1. The molecule has 1 aromatic carbocycles. The molecule has 1 N–H and O–H groups in total. The van der Waals surface area contributed by atoms with Crippen LogP contribution in [0.2, 0.25) is 5.02 Å². The predicted molar refractivity (Wildman–Crippen MR) is 86.9 cm³/mol. The summed E-state index contributed by atoms with van der Waals surface area (Å²) in [7, 11) is 3.20. The summed E-state index contributed by atoms with van der Waals surface area (Å²) in [5, 5.41) is 3.81. The molecule has 1 aliphatic heterocycles. The number of hydrogen-bond acceptors (Lipinski definition) is 4. The Hall–Kier alpha value is -1.46. The fraction of sp³-hybridized carbons (Fsp3) is 0.562. The van der Waals surface area contributed by atoms with Crippen molar-refractivity contribution in [3.8, 4) is 11.5 Å². The van der Waals surface area contributed by atoms with E-state index in [1.54, 1.807) is 20.3 Å². The Balaban J connectivity index is 1.90. The Morgan fingerprint density at radius 1 is 1.23 bits per heavy atom. The lowest BCUT2D eigenvalue weighted by Crippen LogP contribution is -2.46. The van der Waals surface area contributed by atoms with E-state index in [0.717, 1.165) is 50.3 Å². The Morgan fingerprint density at radius 3 is 2.55 bits per heavy atom. The molecule has 1 amide bonds. The maximum Gasteiger partial charge on any atom is 0.222 e. The fourth-order valence-electron chi connectivity index (χ4n) is 2.62. The van der Waals surface area contributed by atoms with Gasteiger partial charge in [0.25, 0.3) is 0 Å². The highest BCUT2D eigenvalue weighted by Crippen LogP contribution is 2.33. The summed E-state index contributed by atoms with van der Waals surface area (Å²) < 4.78 is 10.6. The average Bonchev–Trinajstić information content (AvgIpc) is 2.55. The molecule has 0 radical (unpaired) electrons. The number of ether oxygens (including phenoxy) is 2. The molecular formula is C16H23ClN2O3. The second-order valence-electron chi connectivity index (χ2n) is 5.28. The normalized spacial score (nSPS) is 14.8. The SMILES string of the molecule is COc1cc(OC)c(CCCC(=O)N2CCNCC2)cc1Cl. The number of hydrogen-bond donors (Lipinski definition) is 1. The van der Waals surface area contributed by atoms with Crippen LogP contribution in [0.3, 0.4) is 0 Å². The van der Waals surface area contributed by atoms with Gasteiger partial charge in [-0.25, -0.2) is 0 Å². The predicted octanol–water partition coefficient (Wildman–Crippen LogP) is 2.11. The molecule has 0 spiro atoms. The van der Waals surface area contributed by atoms with Crippen molar-refractivity contribution in [2.45, 2.75) is 19.3 Å². The van der Waals surface area contributed by atoms with Gasteiger partial charge in [-0.1, -0.05) is 11.6 Å². The molecule has 22 heavy (non-hydrogen) atoms. The van der Waals surface area contributed by atoms with Gasteiger partial charge in [0.2, 0.25) is 5.91 Å². The van der Waals surface area contributed by atoms with Gasteiger partial charge in [-0.05, 0) is 24.5 Å². The van der Waals surface area contributed by atoms with Crippen molar-refractivity contribution in [1.29, 1.82) is 0 Å². The van der Waals surface area contributed by atoms with Crippen molar-refractivity contribution in [2.75, 3.05) is 40.4 Å². The number of amides is 1. The topological polar surface area (TPSA) is 50.8 Å². The maximum atomic E-state index is 12.1. The van der Waals surface area contributed by atoms with E-state index in [4.69, 9.17) is 21.1 Å². The van der Waals surface area contributed by atoms with Crippen molar-refractivity contribution >= 4 is 17.5 Å². The molecule has 1 fully saturated rings. The van der Waals surface area contributed by atoms with Gasteiger partial charge in [0, 0.05) is 38.7 Å². The van der Waals surface area contributed by atoms with E-state index >= 15 is 0 Å². The van der Waals surface area contributed by atoms with E-state index in [9.17, 15) is 4.79 Å². The van der Waals surface area contributed by atoms with E-state index in [1.807, 2.05) is 11.0 Å². The number of nitrogens with one attached hydrogen (secondary N) is 1. The average molecular weight is 327 g/mol. The molecule has 0 bridgehead atoms. The highest BCUT2D eigenvalue weighted by atomic mass is 35.5. The van der Waals surface area contributed by atoms with Crippen molar-refractivity contribution < 1.29 is 14.3 Å². The quantitative estimate of drug-likeness (QED) is 0.870. The molecule has 0 atom stereocenters. The number of carbonyl (C=O) groups excluding carboxylic acids is 1. The zero-order chi connectivity index (χ0) is 15.9. The van der Waals surface area contributed by atoms with E-state index in [0.29, 0.717) is 17.2 Å². The highest BCUT2D eigenvalue weighted by Gasteiger charge is 2.16. The first-order chi connectivity index (χ1) is 10.7. The second kappa shape index (κ2) is 8.25. The largest absolute Gasteiger partial charge is 0.496 e. The summed E-state index contributed by atoms with van der Waals surface area (Å²) in [6.07, 6.45) is 2.08. The molecule has 2 rings (SSSR count). The zero-order valence-electron chi connectivity index (χ0n) is 13.2. The molecular weight excluding hydrogens is 304 g/mol. The monoisotopic (exact) mass is 326 g/mol. The van der Waals surface area contributed by atoms with Gasteiger partial charge in [-0.2, -0.15) is 0 Å². The zero-order valence-corrected chi connectivity index (χ0v) is 13.9. The smallest absolute Gasteiger partial charge is 0.222 e. The molecule has 0 saturated carbocycles. The lowest BCUT2D eigenvalue weighted by molar-refractivity contribution is -0.131. The van der Waals surface area contributed by atoms with Crippen LogP contribution in [0.4, 0.5) is 0 Å². The third-order valence-corrected chi connectivity index (χ3v) is 4.16. The molecule has 1 aromatic rings. The molecule has 1 aliphatic rings. The van der Waals surface area contributed by atoms with Gasteiger partial charge in [-0.3, -0.25) is 4.79 Å². The van der Waals surface area contributed by atoms with Crippen LogP contribution >= 0.6 is 11.6 Å². The van der Waals surface area contributed by atoms with Gasteiger partial charge >= 0.3 is 0 Å². The van der Waals surface area contributed by atoms with E-state index < -0.39 is 0 Å². The lowest BCUT2D eigenvalue weighted by Gasteiger charge is -2.27. The van der Waals surface area contributed by atoms with Crippen LogP contribution in [0.15, 0.2) is 12.1 Å². The van der Waals surface area contributed by atoms with E-state index in [1.165, 1.54) is 0 Å². The van der Waals surface area contributed by atoms with Crippen LogP contribution in [0.1, 0.15) is 18.4 Å². The van der Waals surface area contributed by atoms with Crippen LogP contribution in [-0.4, -0.2) is 51.2 Å². The van der Waals surface area contributed by atoms with Crippen molar-refractivity contribution in [3.63, 3.8) is 0 Å². The second-order valence-corrected chi connectivity index (χ2v) is 5.69.